The van der Waals surface area contributed by atoms with E-state index in [1.807, 2.05) is 73.1 Å². The molecule has 20 heteroatoms. The molecule has 0 saturated carbocycles. The van der Waals surface area contributed by atoms with Gasteiger partial charge in [-0.2, -0.15) is 16.8 Å². The molecule has 0 radical (unpaired) electrons. The van der Waals surface area contributed by atoms with Crippen LogP contribution in [0.15, 0.2) is 177 Å². The van der Waals surface area contributed by atoms with Crippen LogP contribution in [-0.2, 0) is 64.5 Å². The maximum absolute atomic E-state index is 13.9. The van der Waals surface area contributed by atoms with Crippen molar-refractivity contribution < 1.29 is 66.3 Å². The first kappa shape index (κ1) is 55.7. The van der Waals surface area contributed by atoms with Crippen LogP contribution in [0.2, 0.25) is 0 Å². The molecular weight excluding hydrogens is 1040 g/mol. The second kappa shape index (κ2) is 23.2. The normalized spacial score (nSPS) is 12.9. The lowest BCUT2D eigenvalue weighted by Crippen LogP contribution is -2.22. The molecule has 0 heterocycles. The van der Waals surface area contributed by atoms with Gasteiger partial charge in [0.25, 0.3) is 20.2 Å². The average Bonchev–Trinajstić information content (AvgIpc) is 3.39. The van der Waals surface area contributed by atoms with E-state index < -0.39 is 50.6 Å². The van der Waals surface area contributed by atoms with E-state index in [1.165, 1.54) is 52.7 Å². The Kier molecular flexibility index (Phi) is 17.2. The Labute approximate surface area is 438 Å². The van der Waals surface area contributed by atoms with E-state index in [0.717, 1.165) is 23.0 Å². The summed E-state index contributed by atoms with van der Waals surface area (Å²) in [7, 11) is -11.8. The van der Waals surface area contributed by atoms with Gasteiger partial charge in [-0.05, 0) is 115 Å². The Bertz CT molecular complexity index is 3700. The average molecular weight is 1100 g/mol. The Balaban J connectivity index is 1.16. The van der Waals surface area contributed by atoms with Crippen LogP contribution in [0.25, 0.3) is 5.57 Å². The molecule has 7 rings (SSSR count). The lowest BCUT2D eigenvalue weighted by Gasteiger charge is -2.24. The molecule has 16 nitrogen and oxygen atoms in total. The molecule has 75 heavy (non-hydrogen) atoms. The minimum absolute atomic E-state index is 0.0128. The Morgan fingerprint density at radius 3 is 1.68 bits per heavy atom. The molecule has 1 aliphatic carbocycles. The van der Waals surface area contributed by atoms with Crippen LogP contribution in [0.5, 0.6) is 23.0 Å². The summed E-state index contributed by atoms with van der Waals surface area (Å²) in [4.78, 5) is 1.41. The highest BCUT2D eigenvalue weighted by Gasteiger charge is 2.27. The third-order valence-corrected chi connectivity index (χ3v) is 17.6. The number of ether oxygens (including phenoxy) is 4. The van der Waals surface area contributed by atoms with Gasteiger partial charge in [0.1, 0.15) is 39.3 Å². The number of anilines is 1. The largest absolute Gasteiger partial charge is 0.497 e. The zero-order chi connectivity index (χ0) is 54.3. The molecule has 0 fully saturated rings. The molecule has 2 N–H and O–H groups in total. The molecule has 6 aromatic carbocycles. The van der Waals surface area contributed by atoms with Crippen LogP contribution in [0, 0.1) is 0 Å². The molecular formula is C55H57N2O14S4+. The Morgan fingerprint density at radius 1 is 0.547 bits per heavy atom. The second-order valence-electron chi connectivity index (χ2n) is 17.2. The fraction of sp³-hybridized carbons (Fsp3) is 0.218. The summed E-state index contributed by atoms with van der Waals surface area (Å²) < 4.78 is 148. The maximum Gasteiger partial charge on any atom is 0.298 e. The van der Waals surface area contributed by atoms with Crippen molar-refractivity contribution in [1.82, 2.24) is 0 Å². The van der Waals surface area contributed by atoms with Gasteiger partial charge in [-0.25, -0.2) is 21.4 Å². The van der Waals surface area contributed by atoms with Gasteiger partial charge < -0.3 is 23.8 Å². The quantitative estimate of drug-likeness (QED) is 0.0508. The number of hydrogen-bond donors (Lipinski definition) is 2. The van der Waals surface area contributed by atoms with Gasteiger partial charge >= 0.3 is 0 Å². The number of methoxy groups -OCH3 is 4. The fourth-order valence-corrected chi connectivity index (χ4v) is 12.9. The molecule has 0 saturated heterocycles. The summed E-state index contributed by atoms with van der Waals surface area (Å²) in [5, 5.41) is 0. The summed E-state index contributed by atoms with van der Waals surface area (Å²) in [5.41, 5.74) is 5.71. The van der Waals surface area contributed by atoms with Gasteiger partial charge in [0.2, 0.25) is 0 Å². The minimum atomic E-state index is -4.71. The van der Waals surface area contributed by atoms with E-state index in [9.17, 15) is 42.8 Å². The van der Waals surface area contributed by atoms with Gasteiger partial charge in [-0.3, -0.25) is 9.11 Å². The zero-order valence-electron chi connectivity index (χ0n) is 42.0. The van der Waals surface area contributed by atoms with Crippen molar-refractivity contribution >= 4 is 56.9 Å². The van der Waals surface area contributed by atoms with Crippen molar-refractivity contribution in [2.24, 2.45) is 0 Å². The van der Waals surface area contributed by atoms with Crippen LogP contribution in [0.4, 0.5) is 5.69 Å². The summed E-state index contributed by atoms with van der Waals surface area (Å²) in [6.07, 6.45) is 7.45. The number of hydrogen-bond acceptors (Lipinski definition) is 13. The fourth-order valence-electron chi connectivity index (χ4n) is 8.76. The molecule has 0 spiro atoms. The van der Waals surface area contributed by atoms with Gasteiger partial charge in [0.15, 0.2) is 31.9 Å². The van der Waals surface area contributed by atoms with Crippen molar-refractivity contribution in [1.29, 1.82) is 0 Å². The molecule has 0 bridgehead atoms. The first-order valence-electron chi connectivity index (χ1n) is 23.3. The smallest absolute Gasteiger partial charge is 0.298 e. The van der Waals surface area contributed by atoms with E-state index >= 15 is 0 Å². The first-order valence-corrected chi connectivity index (χ1v) is 29.5. The summed E-state index contributed by atoms with van der Waals surface area (Å²) in [6.45, 7) is 5.69. The van der Waals surface area contributed by atoms with Gasteiger partial charge in [-0.15, -0.1) is 0 Å². The number of benzene rings is 6. The van der Waals surface area contributed by atoms with Crippen molar-refractivity contribution in [2.45, 2.75) is 58.0 Å². The third-order valence-electron chi connectivity index (χ3n) is 12.5. The minimum Gasteiger partial charge on any atom is -0.497 e. The first-order chi connectivity index (χ1) is 35.6. The monoisotopic (exact) mass is 1100 g/mol. The highest BCUT2D eigenvalue weighted by Crippen LogP contribution is 2.37. The third kappa shape index (κ3) is 13.1. The molecule has 0 unspecified atom stereocenters. The molecule has 0 amide bonds. The maximum atomic E-state index is 13.9. The number of rotatable bonds is 21. The standard InChI is InChI=1S/C55H56N2O14S4/c1-7-56(34-38-13-11-15-47(29-38)72(58,59)36-42-31-46(68-3)27-28-50(42)69-4)44-23-19-40(20-24-44)55(49-17-9-10-18-53(49)74(62,63)64)41-21-25-45(26-22-41)57(8-2)35-39-14-12-16-48(30-39)73(60,61)37-43-32-52(71-6)54(75(65,66)67)33-51(43)70-5/h9-33H,7-8,34-37H2,1-6H3,(H-,62,63,64,65,66,67)/p+1. The van der Waals surface area contributed by atoms with E-state index in [-0.39, 0.29) is 43.1 Å². The van der Waals surface area contributed by atoms with Crippen molar-refractivity contribution in [2.75, 3.05) is 46.4 Å². The lowest BCUT2D eigenvalue weighted by atomic mass is 9.90. The van der Waals surface area contributed by atoms with Crippen LogP contribution in [-0.4, -0.2) is 94.6 Å². The molecule has 0 atom stereocenters. The van der Waals surface area contributed by atoms with Crippen molar-refractivity contribution in [3.05, 3.63) is 191 Å². The predicted molar refractivity (Wildman–Crippen MR) is 287 cm³/mol. The molecule has 6 aromatic rings. The van der Waals surface area contributed by atoms with Crippen molar-refractivity contribution in [3.63, 3.8) is 0 Å². The predicted octanol–water partition coefficient (Wildman–Crippen LogP) is 8.79. The van der Waals surface area contributed by atoms with Crippen LogP contribution in [0.3, 0.4) is 0 Å². The van der Waals surface area contributed by atoms with Gasteiger partial charge in [0, 0.05) is 59.2 Å². The van der Waals surface area contributed by atoms with E-state index in [1.54, 1.807) is 66.7 Å². The van der Waals surface area contributed by atoms with Crippen LogP contribution in [0.1, 0.15) is 47.2 Å². The molecule has 0 aliphatic heterocycles. The molecule has 1 aliphatic rings. The van der Waals surface area contributed by atoms with E-state index in [2.05, 4.69) is 4.90 Å². The van der Waals surface area contributed by atoms with E-state index in [0.29, 0.717) is 65.5 Å². The second-order valence-corrected chi connectivity index (χ2v) is 24.0. The van der Waals surface area contributed by atoms with Gasteiger partial charge in [0.05, 0.1) is 49.7 Å². The Morgan fingerprint density at radius 2 is 1.12 bits per heavy atom. The SMILES string of the molecule is CCN(Cc1cccc(S(=O)(=O)Cc2cc(OC)ccc2OC)c1)c1ccc(C(=C2C=CC(=[N+](CC)Cc3cccc(S(=O)(=O)Cc4cc(OC)c(S(=O)(=O)O)cc4OC)c3)C=C2)c2ccccc2S(=O)(=O)O)cc1. The van der Waals surface area contributed by atoms with Crippen LogP contribution >= 0.6 is 0 Å². The Hall–Kier alpha value is -7.07. The summed E-state index contributed by atoms with van der Waals surface area (Å²) in [5.74, 6) is -0.227. The summed E-state index contributed by atoms with van der Waals surface area (Å²) in [6, 6.07) is 34.2. The number of sulfone groups is 2. The highest BCUT2D eigenvalue weighted by atomic mass is 32.2. The zero-order valence-corrected chi connectivity index (χ0v) is 45.3. The van der Waals surface area contributed by atoms with E-state index in [4.69, 9.17) is 18.9 Å². The molecule has 0 aromatic heterocycles. The summed E-state index contributed by atoms with van der Waals surface area (Å²) >= 11 is 0. The molecule has 394 valence electrons. The van der Waals surface area contributed by atoms with Gasteiger partial charge in [-0.1, -0.05) is 54.6 Å². The number of nitrogens with zero attached hydrogens (tertiary/aromatic N) is 2. The van der Waals surface area contributed by atoms with Crippen LogP contribution < -0.4 is 23.8 Å². The van der Waals surface area contributed by atoms with Crippen molar-refractivity contribution in [3.8, 4) is 23.0 Å². The highest BCUT2D eigenvalue weighted by molar-refractivity contribution is 7.91. The topological polar surface area (TPSA) is 220 Å². The lowest BCUT2D eigenvalue weighted by molar-refractivity contribution is -0.539. The number of allylic oxidation sites excluding steroid dienone is 5.